The molecule has 2 saturated heterocycles. The summed E-state index contributed by atoms with van der Waals surface area (Å²) in [5.74, 6) is 0.0967. The predicted octanol–water partition coefficient (Wildman–Crippen LogP) is 1.55. The second-order valence-electron chi connectivity index (χ2n) is 6.48. The Morgan fingerprint density at radius 2 is 1.92 bits per heavy atom. The van der Waals surface area contributed by atoms with Crippen LogP contribution >= 0.6 is 0 Å². The highest BCUT2D eigenvalue weighted by atomic mass is 16.2. The number of carbonyl (C=O) groups excluding carboxylic acids is 3. The van der Waals surface area contributed by atoms with Gasteiger partial charge < -0.3 is 20.4 Å². The van der Waals surface area contributed by atoms with E-state index in [-0.39, 0.29) is 24.0 Å². The summed E-state index contributed by atoms with van der Waals surface area (Å²) >= 11 is 0. The molecule has 7 heteroatoms. The van der Waals surface area contributed by atoms with E-state index in [0.29, 0.717) is 25.1 Å². The first-order chi connectivity index (χ1) is 12.1. The lowest BCUT2D eigenvalue weighted by Crippen LogP contribution is -2.60. The number of benzene rings is 1. The second kappa shape index (κ2) is 7.55. The van der Waals surface area contributed by atoms with Gasteiger partial charge in [-0.05, 0) is 37.0 Å². The summed E-state index contributed by atoms with van der Waals surface area (Å²) < 4.78 is 0. The second-order valence-corrected chi connectivity index (χ2v) is 6.48. The molecule has 0 aromatic heterocycles. The molecule has 1 unspecified atom stereocenters. The fourth-order valence-electron chi connectivity index (χ4n) is 3.45. The molecule has 2 N–H and O–H groups in total. The molecule has 0 spiro atoms. The highest BCUT2D eigenvalue weighted by molar-refractivity contribution is 5.91. The Morgan fingerprint density at radius 3 is 2.64 bits per heavy atom. The largest absolute Gasteiger partial charge is 0.359 e. The van der Waals surface area contributed by atoms with Crippen molar-refractivity contribution in [2.24, 2.45) is 0 Å². The monoisotopic (exact) mass is 344 g/mol. The summed E-state index contributed by atoms with van der Waals surface area (Å²) in [7, 11) is 1.61. The molecule has 2 aliphatic heterocycles. The van der Waals surface area contributed by atoms with Crippen LogP contribution in [-0.4, -0.2) is 53.9 Å². The summed E-state index contributed by atoms with van der Waals surface area (Å²) in [6.07, 6.45) is 3.45. The van der Waals surface area contributed by atoms with Gasteiger partial charge in [0, 0.05) is 32.2 Å². The van der Waals surface area contributed by atoms with Crippen LogP contribution in [0.4, 0.5) is 10.5 Å². The van der Waals surface area contributed by atoms with Crippen LogP contribution in [0.3, 0.4) is 0 Å². The van der Waals surface area contributed by atoms with E-state index in [1.165, 1.54) is 0 Å². The Bertz CT molecular complexity index is 659. The Kier molecular flexibility index (Phi) is 5.21. The molecular weight excluding hydrogens is 320 g/mol. The number of rotatable bonds is 3. The van der Waals surface area contributed by atoms with Gasteiger partial charge in [0.15, 0.2) is 0 Å². The maximum Gasteiger partial charge on any atom is 0.323 e. The molecular formula is C18H24N4O3. The number of hydrogen-bond acceptors (Lipinski definition) is 3. The minimum absolute atomic E-state index is 0.0489. The van der Waals surface area contributed by atoms with Crippen LogP contribution in [-0.2, 0) is 16.0 Å². The molecule has 134 valence electrons. The molecule has 4 amide bonds. The molecule has 2 fully saturated rings. The van der Waals surface area contributed by atoms with Crippen LogP contribution in [0.2, 0.25) is 0 Å². The van der Waals surface area contributed by atoms with Crippen LogP contribution in [0.1, 0.15) is 31.2 Å². The van der Waals surface area contributed by atoms with Crippen LogP contribution in [0.5, 0.6) is 0 Å². The third-order valence-corrected chi connectivity index (χ3v) is 4.83. The van der Waals surface area contributed by atoms with Gasteiger partial charge in [-0.15, -0.1) is 0 Å². The van der Waals surface area contributed by atoms with Gasteiger partial charge in [0.1, 0.15) is 6.17 Å². The van der Waals surface area contributed by atoms with Crippen molar-refractivity contribution in [2.45, 2.75) is 38.3 Å². The molecule has 0 radical (unpaired) electrons. The van der Waals surface area contributed by atoms with Gasteiger partial charge in [0.05, 0.1) is 6.42 Å². The summed E-state index contributed by atoms with van der Waals surface area (Å²) in [5, 5.41) is 5.49. The highest BCUT2D eigenvalue weighted by Gasteiger charge is 2.37. The average Bonchev–Trinajstić information content (AvgIpc) is 2.63. The van der Waals surface area contributed by atoms with Crippen LogP contribution in [0.15, 0.2) is 24.3 Å². The lowest BCUT2D eigenvalue weighted by Gasteiger charge is -2.46. The zero-order chi connectivity index (χ0) is 17.8. The van der Waals surface area contributed by atoms with Gasteiger partial charge in [-0.1, -0.05) is 12.1 Å². The minimum Gasteiger partial charge on any atom is -0.359 e. The highest BCUT2D eigenvalue weighted by Crippen LogP contribution is 2.26. The smallest absolute Gasteiger partial charge is 0.323 e. The first kappa shape index (κ1) is 17.3. The van der Waals surface area contributed by atoms with Crippen molar-refractivity contribution in [3.8, 4) is 0 Å². The van der Waals surface area contributed by atoms with E-state index in [1.807, 2.05) is 17.0 Å². The number of nitrogens with zero attached hydrogens (tertiary/aromatic N) is 2. The van der Waals surface area contributed by atoms with E-state index in [4.69, 9.17) is 0 Å². The molecule has 1 atom stereocenters. The molecule has 1 aromatic carbocycles. The Balaban J connectivity index is 1.63. The Hall–Kier alpha value is -2.57. The van der Waals surface area contributed by atoms with Gasteiger partial charge in [0.25, 0.3) is 0 Å². The Morgan fingerprint density at radius 1 is 1.16 bits per heavy atom. The fraction of sp³-hybridized carbons (Fsp3) is 0.500. The molecule has 3 rings (SSSR count). The SMILES string of the molecule is CNC(=O)Cc1ccc(NC(=O)N2CCC(=O)N3CCCCC32)cc1. The summed E-state index contributed by atoms with van der Waals surface area (Å²) in [5.41, 5.74) is 1.57. The van der Waals surface area contributed by atoms with Gasteiger partial charge in [-0.25, -0.2) is 4.79 Å². The summed E-state index contributed by atoms with van der Waals surface area (Å²) in [6.45, 7) is 1.20. The first-order valence-electron chi connectivity index (χ1n) is 8.75. The van der Waals surface area contributed by atoms with Gasteiger partial charge in [-0.2, -0.15) is 0 Å². The van der Waals surface area contributed by atoms with Crippen molar-refractivity contribution in [1.29, 1.82) is 0 Å². The maximum absolute atomic E-state index is 12.7. The zero-order valence-electron chi connectivity index (χ0n) is 14.5. The van der Waals surface area contributed by atoms with Crippen molar-refractivity contribution in [3.63, 3.8) is 0 Å². The minimum atomic E-state index is -0.177. The van der Waals surface area contributed by atoms with E-state index >= 15 is 0 Å². The normalized spacial score (nSPS) is 20.0. The quantitative estimate of drug-likeness (QED) is 0.873. The first-order valence-corrected chi connectivity index (χ1v) is 8.75. The van der Waals surface area contributed by atoms with E-state index in [9.17, 15) is 14.4 Å². The lowest BCUT2D eigenvalue weighted by atomic mass is 10.0. The lowest BCUT2D eigenvalue weighted by molar-refractivity contribution is -0.144. The number of urea groups is 1. The number of nitrogens with one attached hydrogen (secondary N) is 2. The topological polar surface area (TPSA) is 81.8 Å². The van der Waals surface area contributed by atoms with Crippen molar-refractivity contribution in [3.05, 3.63) is 29.8 Å². The molecule has 2 aliphatic rings. The van der Waals surface area contributed by atoms with Gasteiger partial charge in [-0.3, -0.25) is 9.59 Å². The molecule has 2 heterocycles. The van der Waals surface area contributed by atoms with Crippen LogP contribution < -0.4 is 10.6 Å². The standard InChI is InChI=1S/C18H24N4O3/c1-19-15(23)12-13-5-7-14(8-6-13)20-18(25)22-11-9-17(24)21-10-3-2-4-16(21)22/h5-8,16H,2-4,9-12H2,1H3,(H,19,23)(H,20,25). The number of carbonyl (C=O) groups is 3. The third kappa shape index (κ3) is 3.92. The average molecular weight is 344 g/mol. The molecule has 0 bridgehead atoms. The molecule has 7 nitrogen and oxygen atoms in total. The van der Waals surface area contributed by atoms with Gasteiger partial charge >= 0.3 is 6.03 Å². The predicted molar refractivity (Wildman–Crippen MR) is 93.9 cm³/mol. The van der Waals surface area contributed by atoms with E-state index in [2.05, 4.69) is 10.6 Å². The van der Waals surface area contributed by atoms with E-state index < -0.39 is 0 Å². The molecule has 0 aliphatic carbocycles. The number of amides is 4. The number of anilines is 1. The number of piperidine rings is 1. The summed E-state index contributed by atoms with van der Waals surface area (Å²) in [6, 6.07) is 7.08. The van der Waals surface area contributed by atoms with Gasteiger partial charge in [0.2, 0.25) is 11.8 Å². The molecule has 1 aromatic rings. The maximum atomic E-state index is 12.7. The van der Waals surface area contributed by atoms with Crippen molar-refractivity contribution < 1.29 is 14.4 Å². The Labute approximate surface area is 147 Å². The molecule has 25 heavy (non-hydrogen) atoms. The number of hydrogen-bond donors (Lipinski definition) is 2. The third-order valence-electron chi connectivity index (χ3n) is 4.83. The van der Waals surface area contributed by atoms with Crippen molar-refractivity contribution in [1.82, 2.24) is 15.1 Å². The fourth-order valence-corrected chi connectivity index (χ4v) is 3.45. The van der Waals surface area contributed by atoms with Crippen LogP contribution in [0, 0.1) is 0 Å². The summed E-state index contributed by atoms with van der Waals surface area (Å²) in [4.78, 5) is 39.7. The zero-order valence-corrected chi connectivity index (χ0v) is 14.5. The molecule has 0 saturated carbocycles. The van der Waals surface area contributed by atoms with Crippen molar-refractivity contribution in [2.75, 3.05) is 25.5 Å². The number of fused-ring (bicyclic) bond motifs is 1. The number of likely N-dealkylation sites (N-methyl/N-ethyl adjacent to an activating group) is 1. The van der Waals surface area contributed by atoms with E-state index in [1.54, 1.807) is 24.1 Å². The van der Waals surface area contributed by atoms with Crippen molar-refractivity contribution >= 4 is 23.5 Å². The van der Waals surface area contributed by atoms with Crippen LogP contribution in [0.25, 0.3) is 0 Å². The van der Waals surface area contributed by atoms with E-state index in [0.717, 1.165) is 31.4 Å².